The first kappa shape index (κ1) is 27.2. The van der Waals surface area contributed by atoms with Crippen LogP contribution in [0.4, 0.5) is 17.1 Å². The summed E-state index contributed by atoms with van der Waals surface area (Å²) < 4.78 is 5.09. The van der Waals surface area contributed by atoms with Crippen molar-refractivity contribution in [1.82, 2.24) is 0 Å². The largest absolute Gasteiger partial charge is 0.462 e. The molecule has 3 amide bonds. The van der Waals surface area contributed by atoms with Gasteiger partial charge in [-0.1, -0.05) is 41.7 Å². The lowest BCUT2D eigenvalue weighted by atomic mass is 10.2. The third kappa shape index (κ3) is 5.83. The smallest absolute Gasteiger partial charge is 0.338 e. The first-order valence-corrected chi connectivity index (χ1v) is 12.5. The van der Waals surface area contributed by atoms with Crippen molar-refractivity contribution in [3.05, 3.63) is 98.6 Å². The van der Waals surface area contributed by atoms with E-state index < -0.39 is 17.8 Å². The Labute approximate surface area is 233 Å². The van der Waals surface area contributed by atoms with Gasteiger partial charge in [-0.15, -0.1) is 0 Å². The van der Waals surface area contributed by atoms with E-state index in [2.05, 4.69) is 10.6 Å². The van der Waals surface area contributed by atoms with E-state index in [-0.39, 0.29) is 22.3 Å². The number of nitrogens with zero attached hydrogens (tertiary/aromatic N) is 1. The Hall–Kier alpha value is -3.85. The standard InChI is InChI=1S/C27H20Cl3N3O5/c1-2-13-38-27(37)16-5-10-19(11-6-16)33-25(35)22(30)23(26(33)36)31-17-7-3-15(4-8-17)24(34)32-18-9-12-20(28)21(29)14-18/h3-12,14,31H,2,13H2,1H3,(H,32,34). The number of anilines is 3. The van der Waals surface area contributed by atoms with E-state index in [9.17, 15) is 19.2 Å². The van der Waals surface area contributed by atoms with Crippen molar-refractivity contribution in [3.8, 4) is 0 Å². The minimum atomic E-state index is -0.710. The molecule has 0 saturated heterocycles. The molecule has 0 bridgehead atoms. The summed E-state index contributed by atoms with van der Waals surface area (Å²) in [4.78, 5) is 51.3. The molecule has 2 N–H and O–H groups in total. The van der Waals surface area contributed by atoms with Crippen molar-refractivity contribution < 1.29 is 23.9 Å². The van der Waals surface area contributed by atoms with Crippen LogP contribution >= 0.6 is 34.8 Å². The Morgan fingerprint density at radius 2 is 1.45 bits per heavy atom. The van der Waals surface area contributed by atoms with Gasteiger partial charge in [0, 0.05) is 16.9 Å². The van der Waals surface area contributed by atoms with E-state index in [1.807, 2.05) is 6.92 Å². The molecule has 0 saturated carbocycles. The van der Waals surface area contributed by atoms with E-state index in [0.717, 1.165) is 4.90 Å². The van der Waals surface area contributed by atoms with Gasteiger partial charge < -0.3 is 15.4 Å². The van der Waals surface area contributed by atoms with Crippen LogP contribution in [0, 0.1) is 0 Å². The number of esters is 1. The Morgan fingerprint density at radius 1 is 0.816 bits per heavy atom. The molecule has 3 aromatic rings. The van der Waals surface area contributed by atoms with Gasteiger partial charge in [-0.2, -0.15) is 0 Å². The van der Waals surface area contributed by atoms with Crippen molar-refractivity contribution in [1.29, 1.82) is 0 Å². The summed E-state index contributed by atoms with van der Waals surface area (Å²) in [6.45, 7) is 2.18. The van der Waals surface area contributed by atoms with Crippen molar-refractivity contribution in [3.63, 3.8) is 0 Å². The molecule has 0 radical (unpaired) electrons. The van der Waals surface area contributed by atoms with Gasteiger partial charge in [-0.3, -0.25) is 14.4 Å². The maximum absolute atomic E-state index is 13.0. The Bertz CT molecular complexity index is 1450. The number of amides is 3. The molecule has 11 heteroatoms. The van der Waals surface area contributed by atoms with Crippen LogP contribution in [0.3, 0.4) is 0 Å². The van der Waals surface area contributed by atoms with Gasteiger partial charge in [-0.25, -0.2) is 9.69 Å². The lowest BCUT2D eigenvalue weighted by molar-refractivity contribution is -0.120. The average molecular weight is 573 g/mol. The number of carbonyl (C=O) groups is 4. The summed E-state index contributed by atoms with van der Waals surface area (Å²) >= 11 is 18.1. The molecule has 194 valence electrons. The first-order valence-electron chi connectivity index (χ1n) is 11.4. The third-order valence-corrected chi connectivity index (χ3v) is 6.51. The summed E-state index contributed by atoms with van der Waals surface area (Å²) in [6, 6.07) is 16.8. The van der Waals surface area contributed by atoms with Crippen LogP contribution in [0.15, 0.2) is 77.5 Å². The highest BCUT2D eigenvalue weighted by Crippen LogP contribution is 2.31. The van der Waals surface area contributed by atoms with Crippen LogP contribution in [0.25, 0.3) is 0 Å². The lowest BCUT2D eigenvalue weighted by Gasteiger charge is -2.15. The fourth-order valence-corrected chi connectivity index (χ4v) is 4.01. The van der Waals surface area contributed by atoms with E-state index in [1.165, 1.54) is 30.3 Å². The lowest BCUT2D eigenvalue weighted by Crippen LogP contribution is -2.32. The minimum absolute atomic E-state index is 0.115. The molecule has 38 heavy (non-hydrogen) atoms. The zero-order valence-electron chi connectivity index (χ0n) is 19.9. The molecule has 8 nitrogen and oxygen atoms in total. The SMILES string of the molecule is CCCOC(=O)c1ccc(N2C(=O)C(Cl)=C(Nc3ccc(C(=O)Nc4ccc(Cl)c(Cl)c4)cc3)C2=O)cc1. The van der Waals surface area contributed by atoms with Crippen LogP contribution < -0.4 is 15.5 Å². The van der Waals surface area contributed by atoms with Crippen LogP contribution in [0.5, 0.6) is 0 Å². The first-order chi connectivity index (χ1) is 18.2. The van der Waals surface area contributed by atoms with Crippen LogP contribution in [0.2, 0.25) is 10.0 Å². The topological polar surface area (TPSA) is 105 Å². The number of imide groups is 1. The monoisotopic (exact) mass is 571 g/mol. The number of halogens is 3. The molecular weight excluding hydrogens is 553 g/mol. The van der Waals surface area contributed by atoms with Gasteiger partial charge >= 0.3 is 5.97 Å². The fourth-order valence-electron chi connectivity index (χ4n) is 3.50. The normalized spacial score (nSPS) is 13.1. The number of benzene rings is 3. The summed E-state index contributed by atoms with van der Waals surface area (Å²) in [6.07, 6.45) is 0.690. The molecule has 1 heterocycles. The van der Waals surface area contributed by atoms with E-state index in [1.54, 1.807) is 36.4 Å². The molecule has 0 aromatic heterocycles. The summed E-state index contributed by atoms with van der Waals surface area (Å²) in [5, 5.41) is 5.96. The van der Waals surface area contributed by atoms with Crippen molar-refractivity contribution >= 4 is 75.6 Å². The summed E-state index contributed by atoms with van der Waals surface area (Å²) in [5.74, 6) is -2.25. The zero-order chi connectivity index (χ0) is 27.4. The molecule has 0 atom stereocenters. The van der Waals surface area contributed by atoms with Crippen molar-refractivity contribution in [2.24, 2.45) is 0 Å². The number of rotatable bonds is 8. The fraction of sp³-hybridized carbons (Fsp3) is 0.111. The van der Waals surface area contributed by atoms with E-state index >= 15 is 0 Å². The third-order valence-electron chi connectivity index (χ3n) is 5.42. The summed E-state index contributed by atoms with van der Waals surface area (Å²) in [7, 11) is 0. The van der Waals surface area contributed by atoms with Crippen LogP contribution in [-0.2, 0) is 14.3 Å². The Balaban J connectivity index is 1.43. The maximum atomic E-state index is 13.0. The second-order valence-electron chi connectivity index (χ2n) is 8.10. The predicted octanol–water partition coefficient (Wildman–Crippen LogP) is 6.25. The van der Waals surface area contributed by atoms with Gasteiger partial charge in [0.05, 0.1) is 27.9 Å². The minimum Gasteiger partial charge on any atom is -0.462 e. The van der Waals surface area contributed by atoms with Crippen LogP contribution in [0.1, 0.15) is 34.1 Å². The molecule has 0 fully saturated rings. The van der Waals surface area contributed by atoms with Crippen molar-refractivity contribution in [2.45, 2.75) is 13.3 Å². The van der Waals surface area contributed by atoms with Gasteiger partial charge in [0.2, 0.25) is 0 Å². The van der Waals surface area contributed by atoms with Gasteiger partial charge in [0.1, 0.15) is 10.7 Å². The average Bonchev–Trinajstić information content (AvgIpc) is 3.12. The van der Waals surface area contributed by atoms with Crippen molar-refractivity contribution in [2.75, 3.05) is 22.1 Å². The maximum Gasteiger partial charge on any atom is 0.338 e. The second-order valence-corrected chi connectivity index (χ2v) is 9.30. The Kier molecular flexibility index (Phi) is 8.36. The predicted molar refractivity (Wildman–Crippen MR) is 147 cm³/mol. The molecule has 1 aliphatic heterocycles. The number of hydrogen-bond acceptors (Lipinski definition) is 6. The number of ether oxygens (including phenoxy) is 1. The zero-order valence-corrected chi connectivity index (χ0v) is 22.2. The van der Waals surface area contributed by atoms with Gasteiger partial charge in [0.25, 0.3) is 17.7 Å². The molecule has 0 aliphatic carbocycles. The van der Waals surface area contributed by atoms with Gasteiger partial charge in [-0.05, 0) is 73.2 Å². The number of hydrogen-bond donors (Lipinski definition) is 2. The van der Waals surface area contributed by atoms with E-state index in [4.69, 9.17) is 39.5 Å². The second kappa shape index (κ2) is 11.7. The highest BCUT2D eigenvalue weighted by atomic mass is 35.5. The molecule has 4 rings (SSSR count). The molecule has 0 spiro atoms. The highest BCUT2D eigenvalue weighted by molar-refractivity contribution is 6.53. The molecule has 3 aromatic carbocycles. The summed E-state index contributed by atoms with van der Waals surface area (Å²) in [5.41, 5.74) is 1.68. The highest BCUT2D eigenvalue weighted by Gasteiger charge is 2.39. The Morgan fingerprint density at radius 3 is 2.08 bits per heavy atom. The number of nitrogens with one attached hydrogen (secondary N) is 2. The number of carbonyl (C=O) groups excluding carboxylic acids is 4. The quantitative estimate of drug-likeness (QED) is 0.244. The molecule has 0 unspecified atom stereocenters. The van der Waals surface area contributed by atoms with E-state index in [0.29, 0.717) is 45.6 Å². The molecule has 1 aliphatic rings. The molecular formula is C27H20Cl3N3O5. The van der Waals surface area contributed by atoms with Crippen LogP contribution in [-0.4, -0.2) is 30.3 Å². The van der Waals surface area contributed by atoms with Gasteiger partial charge in [0.15, 0.2) is 0 Å².